The number of hydrogen-bond donors (Lipinski definition) is 2. The number of nitrogens with one attached hydrogen (secondary N) is 1. The van der Waals surface area contributed by atoms with Crippen molar-refractivity contribution in [1.82, 2.24) is 4.98 Å². The van der Waals surface area contributed by atoms with E-state index in [0.29, 0.717) is 17.4 Å². The molecule has 2 rings (SSSR count). The van der Waals surface area contributed by atoms with Crippen LogP contribution in [0.5, 0.6) is 11.6 Å². The zero-order valence-corrected chi connectivity index (χ0v) is 9.27. The van der Waals surface area contributed by atoms with Gasteiger partial charge in [0.15, 0.2) is 0 Å². The number of ether oxygens (including phenoxy) is 1. The molecule has 0 fully saturated rings. The van der Waals surface area contributed by atoms with Gasteiger partial charge in [-0.1, -0.05) is 12.1 Å². The average molecular weight is 233 g/mol. The molecule has 0 aliphatic carbocycles. The lowest BCUT2D eigenvalue weighted by molar-refractivity contribution is 0.455. The van der Waals surface area contributed by atoms with E-state index in [1.807, 2.05) is 6.92 Å². The second-order valence-corrected chi connectivity index (χ2v) is 3.52. The fourth-order valence-electron chi connectivity index (χ4n) is 1.35. The Kier molecular flexibility index (Phi) is 3.20. The molecule has 5 heteroatoms. The van der Waals surface area contributed by atoms with Crippen LogP contribution in [0.25, 0.3) is 0 Å². The van der Waals surface area contributed by atoms with Crippen LogP contribution in [0.2, 0.25) is 0 Å². The molecule has 0 amide bonds. The smallest absolute Gasteiger partial charge is 0.221 e. The van der Waals surface area contributed by atoms with Crippen LogP contribution in [-0.4, -0.2) is 4.98 Å². The number of pyridine rings is 1. The highest BCUT2D eigenvalue weighted by atomic mass is 19.1. The normalized spacial score (nSPS) is 10.1. The minimum Gasteiger partial charge on any atom is -0.439 e. The quantitative estimate of drug-likeness (QED) is 0.632. The van der Waals surface area contributed by atoms with E-state index < -0.39 is 0 Å². The van der Waals surface area contributed by atoms with E-state index in [0.717, 1.165) is 5.56 Å². The largest absolute Gasteiger partial charge is 0.439 e. The van der Waals surface area contributed by atoms with Gasteiger partial charge < -0.3 is 10.2 Å². The lowest BCUT2D eigenvalue weighted by Gasteiger charge is -2.08. The fraction of sp³-hybridized carbons (Fsp3) is 0.0833. The van der Waals surface area contributed by atoms with E-state index in [4.69, 9.17) is 10.6 Å². The van der Waals surface area contributed by atoms with Crippen molar-refractivity contribution in [2.75, 3.05) is 5.43 Å². The van der Waals surface area contributed by atoms with Crippen LogP contribution in [0.1, 0.15) is 5.56 Å². The number of nitrogen functional groups attached to an aromatic ring is 1. The predicted octanol–water partition coefficient (Wildman–Crippen LogP) is 2.61. The SMILES string of the molecule is Cc1ccc(F)cc1Oc1cccc(NN)n1. The maximum absolute atomic E-state index is 13.1. The first kappa shape index (κ1) is 11.3. The summed E-state index contributed by atoms with van der Waals surface area (Å²) in [6, 6.07) is 9.46. The summed E-state index contributed by atoms with van der Waals surface area (Å²) in [5.41, 5.74) is 3.25. The minimum atomic E-state index is -0.348. The molecule has 4 nitrogen and oxygen atoms in total. The second kappa shape index (κ2) is 4.80. The number of nitrogens with zero attached hydrogens (tertiary/aromatic N) is 1. The zero-order valence-electron chi connectivity index (χ0n) is 9.27. The van der Waals surface area contributed by atoms with E-state index in [9.17, 15) is 4.39 Å². The van der Waals surface area contributed by atoms with E-state index in [1.54, 1.807) is 24.3 Å². The summed E-state index contributed by atoms with van der Waals surface area (Å²) in [5, 5.41) is 0. The topological polar surface area (TPSA) is 60.2 Å². The maximum atomic E-state index is 13.1. The molecule has 88 valence electrons. The summed E-state index contributed by atoms with van der Waals surface area (Å²) in [4.78, 5) is 4.08. The molecule has 0 spiro atoms. The molecule has 0 saturated heterocycles. The molecule has 1 aromatic heterocycles. The van der Waals surface area contributed by atoms with Crippen LogP contribution in [-0.2, 0) is 0 Å². The molecule has 0 aliphatic rings. The van der Waals surface area contributed by atoms with Gasteiger partial charge in [0.2, 0.25) is 5.88 Å². The van der Waals surface area contributed by atoms with Gasteiger partial charge in [-0.15, -0.1) is 0 Å². The van der Waals surface area contributed by atoms with Crippen molar-refractivity contribution >= 4 is 5.82 Å². The summed E-state index contributed by atoms with van der Waals surface area (Å²) in [6.45, 7) is 1.83. The predicted molar refractivity (Wildman–Crippen MR) is 63.3 cm³/mol. The van der Waals surface area contributed by atoms with Crippen LogP contribution < -0.4 is 16.0 Å². The standard InChI is InChI=1S/C12H12FN3O/c1-8-5-6-9(13)7-10(8)17-12-4-2-3-11(15-12)16-14/h2-7H,14H2,1H3,(H,15,16). The molecule has 0 atom stereocenters. The van der Waals surface area contributed by atoms with Crippen molar-refractivity contribution < 1.29 is 9.13 Å². The van der Waals surface area contributed by atoms with Gasteiger partial charge in [0.25, 0.3) is 0 Å². The van der Waals surface area contributed by atoms with E-state index in [2.05, 4.69) is 10.4 Å². The van der Waals surface area contributed by atoms with Gasteiger partial charge in [0.1, 0.15) is 17.4 Å². The Bertz CT molecular complexity index is 531. The lowest BCUT2D eigenvalue weighted by Crippen LogP contribution is -2.08. The molecule has 0 radical (unpaired) electrons. The first-order chi connectivity index (χ1) is 8.19. The first-order valence-electron chi connectivity index (χ1n) is 5.07. The van der Waals surface area contributed by atoms with Gasteiger partial charge in [-0.2, -0.15) is 4.98 Å². The molecule has 1 aromatic carbocycles. The molecular formula is C12H12FN3O. The Morgan fingerprint density at radius 1 is 1.29 bits per heavy atom. The molecule has 2 aromatic rings. The third kappa shape index (κ3) is 2.70. The van der Waals surface area contributed by atoms with Gasteiger partial charge in [0.05, 0.1) is 0 Å². The Morgan fingerprint density at radius 2 is 2.12 bits per heavy atom. The molecule has 17 heavy (non-hydrogen) atoms. The van der Waals surface area contributed by atoms with Gasteiger partial charge >= 0.3 is 0 Å². The Labute approximate surface area is 98.2 Å². The number of hydrogen-bond acceptors (Lipinski definition) is 4. The van der Waals surface area contributed by atoms with Crippen molar-refractivity contribution in [2.24, 2.45) is 5.84 Å². The molecule has 0 saturated carbocycles. The monoisotopic (exact) mass is 233 g/mol. The molecule has 1 heterocycles. The molecule has 0 aliphatic heterocycles. The van der Waals surface area contributed by atoms with Crippen LogP contribution in [0.15, 0.2) is 36.4 Å². The lowest BCUT2D eigenvalue weighted by atomic mass is 10.2. The van der Waals surface area contributed by atoms with Crippen LogP contribution in [0, 0.1) is 12.7 Å². The fourth-order valence-corrected chi connectivity index (χ4v) is 1.35. The highest BCUT2D eigenvalue weighted by Gasteiger charge is 2.04. The number of halogens is 1. The summed E-state index contributed by atoms with van der Waals surface area (Å²) < 4.78 is 18.5. The molecule has 0 unspecified atom stereocenters. The van der Waals surface area contributed by atoms with E-state index >= 15 is 0 Å². The number of rotatable bonds is 3. The summed E-state index contributed by atoms with van der Waals surface area (Å²) in [5.74, 6) is 6.16. The number of aryl methyl sites for hydroxylation is 1. The average Bonchev–Trinajstić information content (AvgIpc) is 2.34. The molecule has 3 N–H and O–H groups in total. The Balaban J connectivity index is 2.27. The van der Waals surface area contributed by atoms with E-state index in [1.165, 1.54) is 12.1 Å². The number of benzene rings is 1. The number of nitrogens with two attached hydrogens (primary N) is 1. The summed E-state index contributed by atoms with van der Waals surface area (Å²) in [7, 11) is 0. The third-order valence-corrected chi connectivity index (χ3v) is 2.24. The third-order valence-electron chi connectivity index (χ3n) is 2.24. The number of hydrazine groups is 1. The molecular weight excluding hydrogens is 221 g/mol. The van der Waals surface area contributed by atoms with Crippen molar-refractivity contribution in [1.29, 1.82) is 0 Å². The van der Waals surface area contributed by atoms with Crippen molar-refractivity contribution in [3.63, 3.8) is 0 Å². The number of aromatic nitrogens is 1. The van der Waals surface area contributed by atoms with Crippen molar-refractivity contribution in [3.05, 3.63) is 47.8 Å². The number of anilines is 1. The zero-order chi connectivity index (χ0) is 12.3. The van der Waals surface area contributed by atoms with Crippen LogP contribution in [0.3, 0.4) is 0 Å². The summed E-state index contributed by atoms with van der Waals surface area (Å²) >= 11 is 0. The van der Waals surface area contributed by atoms with Crippen LogP contribution in [0.4, 0.5) is 10.2 Å². The van der Waals surface area contributed by atoms with Gasteiger partial charge in [-0.3, -0.25) is 0 Å². The van der Waals surface area contributed by atoms with Crippen LogP contribution >= 0.6 is 0 Å². The Morgan fingerprint density at radius 3 is 2.88 bits per heavy atom. The first-order valence-corrected chi connectivity index (χ1v) is 5.07. The van der Waals surface area contributed by atoms with E-state index in [-0.39, 0.29) is 5.82 Å². The van der Waals surface area contributed by atoms with Crippen molar-refractivity contribution in [3.8, 4) is 11.6 Å². The Hall–Kier alpha value is -2.14. The van der Waals surface area contributed by atoms with Gasteiger partial charge in [0, 0.05) is 12.1 Å². The van der Waals surface area contributed by atoms with Gasteiger partial charge in [-0.25, -0.2) is 10.2 Å². The van der Waals surface area contributed by atoms with Crippen molar-refractivity contribution in [2.45, 2.75) is 6.92 Å². The highest BCUT2D eigenvalue weighted by molar-refractivity contribution is 5.39. The second-order valence-electron chi connectivity index (χ2n) is 3.52. The minimum absolute atomic E-state index is 0.348. The summed E-state index contributed by atoms with van der Waals surface area (Å²) in [6.07, 6.45) is 0. The maximum Gasteiger partial charge on any atom is 0.221 e. The molecule has 0 bridgehead atoms. The van der Waals surface area contributed by atoms with Gasteiger partial charge in [-0.05, 0) is 24.6 Å². The highest BCUT2D eigenvalue weighted by Crippen LogP contribution is 2.24.